The molecule has 0 saturated heterocycles. The van der Waals surface area contributed by atoms with Gasteiger partial charge in [0.05, 0.1) is 5.25 Å². The SMILES string of the molecule is CS(=O)(=O)C1CCCc2ccccc2C1N. The fourth-order valence-corrected chi connectivity index (χ4v) is 3.72. The largest absolute Gasteiger partial charge is 0.323 e. The zero-order valence-corrected chi connectivity index (χ0v) is 10.2. The van der Waals surface area contributed by atoms with E-state index < -0.39 is 15.1 Å². The van der Waals surface area contributed by atoms with E-state index in [4.69, 9.17) is 5.73 Å². The molecule has 1 aromatic carbocycles. The van der Waals surface area contributed by atoms with Gasteiger partial charge in [-0.3, -0.25) is 0 Å². The molecule has 0 aromatic heterocycles. The summed E-state index contributed by atoms with van der Waals surface area (Å²) in [4.78, 5) is 0. The van der Waals surface area contributed by atoms with E-state index >= 15 is 0 Å². The molecule has 0 bridgehead atoms. The summed E-state index contributed by atoms with van der Waals surface area (Å²) >= 11 is 0. The van der Waals surface area contributed by atoms with Crippen molar-refractivity contribution >= 4 is 9.84 Å². The van der Waals surface area contributed by atoms with E-state index in [1.54, 1.807) is 0 Å². The molecule has 0 aliphatic heterocycles. The Bertz CT molecular complexity index is 482. The molecule has 3 nitrogen and oxygen atoms in total. The van der Waals surface area contributed by atoms with Crippen molar-refractivity contribution in [3.8, 4) is 0 Å². The van der Waals surface area contributed by atoms with E-state index in [1.807, 2.05) is 24.3 Å². The second kappa shape index (κ2) is 4.18. The molecule has 2 atom stereocenters. The lowest BCUT2D eigenvalue weighted by Gasteiger charge is -2.21. The van der Waals surface area contributed by atoms with Crippen LogP contribution in [0.15, 0.2) is 24.3 Å². The molecule has 0 spiro atoms. The highest BCUT2D eigenvalue weighted by Crippen LogP contribution is 2.30. The minimum absolute atomic E-state index is 0.381. The summed E-state index contributed by atoms with van der Waals surface area (Å²) in [6, 6.07) is 7.51. The fraction of sp³-hybridized carbons (Fsp3) is 0.500. The van der Waals surface area contributed by atoms with Crippen LogP contribution in [0.5, 0.6) is 0 Å². The molecule has 2 rings (SSSR count). The first-order valence-electron chi connectivity index (χ1n) is 5.52. The first-order valence-corrected chi connectivity index (χ1v) is 7.48. The van der Waals surface area contributed by atoms with E-state index in [1.165, 1.54) is 11.8 Å². The van der Waals surface area contributed by atoms with E-state index in [0.717, 1.165) is 18.4 Å². The average molecular weight is 239 g/mol. The molecule has 0 fully saturated rings. The Balaban J connectivity index is 2.45. The van der Waals surface area contributed by atoms with Crippen LogP contribution in [0.2, 0.25) is 0 Å². The van der Waals surface area contributed by atoms with Crippen molar-refractivity contribution in [2.45, 2.75) is 30.6 Å². The fourth-order valence-electron chi connectivity index (χ4n) is 2.44. The number of sulfone groups is 1. The predicted octanol–water partition coefficient (Wildman–Crippen LogP) is 1.44. The predicted molar refractivity (Wildman–Crippen MR) is 64.9 cm³/mol. The zero-order valence-electron chi connectivity index (χ0n) is 9.39. The quantitative estimate of drug-likeness (QED) is 0.754. The van der Waals surface area contributed by atoms with Crippen LogP contribution in [0, 0.1) is 0 Å². The smallest absolute Gasteiger partial charge is 0.152 e. The van der Waals surface area contributed by atoms with E-state index in [-0.39, 0.29) is 6.04 Å². The highest BCUT2D eigenvalue weighted by Gasteiger charge is 2.31. The van der Waals surface area contributed by atoms with Gasteiger partial charge in [-0.1, -0.05) is 24.3 Å². The van der Waals surface area contributed by atoms with Gasteiger partial charge in [-0.2, -0.15) is 0 Å². The summed E-state index contributed by atoms with van der Waals surface area (Å²) < 4.78 is 23.4. The van der Waals surface area contributed by atoms with Crippen LogP contribution in [-0.4, -0.2) is 19.9 Å². The van der Waals surface area contributed by atoms with Crippen molar-refractivity contribution in [1.29, 1.82) is 0 Å². The third-order valence-corrected chi connectivity index (χ3v) is 4.93. The van der Waals surface area contributed by atoms with Crippen molar-refractivity contribution in [2.75, 3.05) is 6.26 Å². The second-order valence-electron chi connectivity index (χ2n) is 4.48. The molecule has 0 amide bonds. The topological polar surface area (TPSA) is 60.2 Å². The van der Waals surface area contributed by atoms with Crippen LogP contribution in [-0.2, 0) is 16.3 Å². The molecule has 2 N–H and O–H groups in total. The standard InChI is InChI=1S/C12H17NO2S/c1-16(14,15)11-8-4-6-9-5-2-3-7-10(9)12(11)13/h2-3,5,7,11-12H,4,6,8,13H2,1H3. The highest BCUT2D eigenvalue weighted by molar-refractivity contribution is 7.91. The number of hydrogen-bond donors (Lipinski definition) is 1. The number of rotatable bonds is 1. The summed E-state index contributed by atoms with van der Waals surface area (Å²) in [5.41, 5.74) is 8.29. The minimum Gasteiger partial charge on any atom is -0.323 e. The maximum absolute atomic E-state index is 11.7. The second-order valence-corrected chi connectivity index (χ2v) is 6.75. The molecular weight excluding hydrogens is 222 g/mol. The normalized spacial score (nSPS) is 25.9. The van der Waals surface area contributed by atoms with E-state index in [9.17, 15) is 8.42 Å². The van der Waals surface area contributed by atoms with Crippen molar-refractivity contribution < 1.29 is 8.42 Å². The maximum atomic E-state index is 11.7. The number of aryl methyl sites for hydroxylation is 1. The number of fused-ring (bicyclic) bond motifs is 1. The number of hydrogen-bond acceptors (Lipinski definition) is 3. The van der Waals surface area contributed by atoms with Crippen LogP contribution in [0.1, 0.15) is 30.0 Å². The lowest BCUT2D eigenvalue weighted by atomic mass is 10.00. The average Bonchev–Trinajstić information content (AvgIpc) is 2.38. The van der Waals surface area contributed by atoms with Crippen molar-refractivity contribution in [1.82, 2.24) is 0 Å². The summed E-state index contributed by atoms with van der Waals surface area (Å²) in [7, 11) is -3.07. The Labute approximate surface area is 96.6 Å². The summed E-state index contributed by atoms with van der Waals surface area (Å²) in [5.74, 6) is 0. The molecule has 1 aliphatic rings. The molecule has 0 radical (unpaired) electrons. The van der Waals surface area contributed by atoms with Crippen molar-refractivity contribution in [3.05, 3.63) is 35.4 Å². The van der Waals surface area contributed by atoms with Gasteiger partial charge < -0.3 is 5.73 Å². The van der Waals surface area contributed by atoms with E-state index in [0.29, 0.717) is 6.42 Å². The number of benzene rings is 1. The molecule has 88 valence electrons. The molecule has 16 heavy (non-hydrogen) atoms. The summed E-state index contributed by atoms with van der Waals surface area (Å²) in [6.07, 6.45) is 3.76. The van der Waals surface area contributed by atoms with Crippen LogP contribution in [0.25, 0.3) is 0 Å². The van der Waals surface area contributed by atoms with Crippen LogP contribution in [0.4, 0.5) is 0 Å². The van der Waals surface area contributed by atoms with Crippen molar-refractivity contribution in [2.24, 2.45) is 5.73 Å². The van der Waals surface area contributed by atoms with Gasteiger partial charge in [-0.15, -0.1) is 0 Å². The van der Waals surface area contributed by atoms with Crippen molar-refractivity contribution in [3.63, 3.8) is 0 Å². The first-order chi connectivity index (χ1) is 7.50. The Morgan fingerprint density at radius 3 is 2.69 bits per heavy atom. The third-order valence-electron chi connectivity index (χ3n) is 3.30. The minimum atomic E-state index is -3.07. The molecule has 1 aromatic rings. The van der Waals surface area contributed by atoms with Gasteiger partial charge in [0, 0.05) is 12.3 Å². The van der Waals surface area contributed by atoms with Gasteiger partial charge in [-0.25, -0.2) is 8.42 Å². The maximum Gasteiger partial charge on any atom is 0.152 e. The van der Waals surface area contributed by atoms with Gasteiger partial charge >= 0.3 is 0 Å². The lowest BCUT2D eigenvalue weighted by molar-refractivity contribution is 0.545. The molecule has 2 unspecified atom stereocenters. The van der Waals surface area contributed by atoms with Crippen LogP contribution < -0.4 is 5.73 Å². The summed E-state index contributed by atoms with van der Waals surface area (Å²) in [5, 5.41) is -0.434. The Kier molecular flexibility index (Phi) is 3.04. The molecule has 0 saturated carbocycles. The van der Waals surface area contributed by atoms with E-state index in [2.05, 4.69) is 0 Å². The number of nitrogens with two attached hydrogens (primary N) is 1. The third kappa shape index (κ3) is 2.13. The zero-order chi connectivity index (χ0) is 11.8. The molecule has 0 heterocycles. The van der Waals surface area contributed by atoms with Gasteiger partial charge in [0.25, 0.3) is 0 Å². The first kappa shape index (κ1) is 11.6. The monoisotopic (exact) mass is 239 g/mol. The highest BCUT2D eigenvalue weighted by atomic mass is 32.2. The molecular formula is C12H17NO2S. The molecule has 1 aliphatic carbocycles. The van der Waals surface area contributed by atoms with Crippen LogP contribution >= 0.6 is 0 Å². The van der Waals surface area contributed by atoms with Gasteiger partial charge in [-0.05, 0) is 30.4 Å². The Morgan fingerprint density at radius 2 is 2.00 bits per heavy atom. The van der Waals surface area contributed by atoms with Gasteiger partial charge in [0.1, 0.15) is 0 Å². The Hall–Kier alpha value is -0.870. The lowest BCUT2D eigenvalue weighted by Crippen LogP contribution is -2.32. The molecule has 4 heteroatoms. The Morgan fingerprint density at radius 1 is 1.31 bits per heavy atom. The summed E-state index contributed by atoms with van der Waals surface area (Å²) in [6.45, 7) is 0. The van der Waals surface area contributed by atoms with Gasteiger partial charge in [0.15, 0.2) is 9.84 Å². The van der Waals surface area contributed by atoms with Crippen LogP contribution in [0.3, 0.4) is 0 Å². The van der Waals surface area contributed by atoms with Gasteiger partial charge in [0.2, 0.25) is 0 Å².